The first kappa shape index (κ1) is 18.2. The maximum Gasteiger partial charge on any atom is 0.262 e. The second kappa shape index (κ2) is 8.68. The predicted octanol–water partition coefficient (Wildman–Crippen LogP) is 5.70. The molecule has 0 unspecified atom stereocenters. The summed E-state index contributed by atoms with van der Waals surface area (Å²) >= 11 is 3.50. The van der Waals surface area contributed by atoms with E-state index < -0.39 is 0 Å². The number of hydrogen-bond acceptors (Lipinski definition) is 2. The van der Waals surface area contributed by atoms with Crippen LogP contribution in [0, 0.1) is 0 Å². The van der Waals surface area contributed by atoms with E-state index in [1.807, 2.05) is 72.8 Å². The van der Waals surface area contributed by atoms with Crippen molar-refractivity contribution in [2.45, 2.75) is 13.3 Å². The summed E-state index contributed by atoms with van der Waals surface area (Å²) in [5.74, 6) is 0.493. The molecule has 132 valence electrons. The van der Waals surface area contributed by atoms with Gasteiger partial charge in [0.25, 0.3) is 5.91 Å². The van der Waals surface area contributed by atoms with Crippen LogP contribution in [0.2, 0.25) is 0 Å². The SMILES string of the molecule is CCc1ccc(NC(=O)COc2ccccc2-c2ccccc2)c(Br)c1. The molecule has 26 heavy (non-hydrogen) atoms. The van der Waals surface area contributed by atoms with Crippen LogP contribution in [-0.2, 0) is 11.2 Å². The largest absolute Gasteiger partial charge is 0.483 e. The second-order valence-corrected chi connectivity index (χ2v) is 6.72. The summed E-state index contributed by atoms with van der Waals surface area (Å²) in [6.45, 7) is 2.05. The maximum absolute atomic E-state index is 12.3. The molecule has 0 spiro atoms. The summed E-state index contributed by atoms with van der Waals surface area (Å²) in [5.41, 5.74) is 3.98. The molecule has 0 saturated carbocycles. The predicted molar refractivity (Wildman–Crippen MR) is 110 cm³/mol. The molecule has 0 bridgehead atoms. The molecule has 1 N–H and O–H groups in total. The lowest BCUT2D eigenvalue weighted by Gasteiger charge is -2.12. The van der Waals surface area contributed by atoms with Gasteiger partial charge in [-0.05, 0) is 51.7 Å². The van der Waals surface area contributed by atoms with Gasteiger partial charge < -0.3 is 10.1 Å². The number of carbonyl (C=O) groups is 1. The zero-order valence-electron chi connectivity index (χ0n) is 14.5. The van der Waals surface area contributed by atoms with E-state index in [1.165, 1.54) is 5.56 Å². The Morgan fingerprint density at radius 2 is 1.73 bits per heavy atom. The van der Waals surface area contributed by atoms with E-state index >= 15 is 0 Å². The summed E-state index contributed by atoms with van der Waals surface area (Å²) in [4.78, 5) is 12.3. The van der Waals surface area contributed by atoms with Crippen molar-refractivity contribution in [1.29, 1.82) is 0 Å². The van der Waals surface area contributed by atoms with Gasteiger partial charge in [0.15, 0.2) is 6.61 Å². The monoisotopic (exact) mass is 409 g/mol. The number of anilines is 1. The Balaban J connectivity index is 1.67. The van der Waals surface area contributed by atoms with E-state index in [1.54, 1.807) is 0 Å². The van der Waals surface area contributed by atoms with Crippen LogP contribution in [0.1, 0.15) is 12.5 Å². The molecule has 1 amide bonds. The molecule has 0 aliphatic rings. The lowest BCUT2D eigenvalue weighted by Crippen LogP contribution is -2.20. The van der Waals surface area contributed by atoms with Gasteiger partial charge in [-0.25, -0.2) is 0 Å². The number of ether oxygens (including phenoxy) is 1. The van der Waals surface area contributed by atoms with Crippen LogP contribution in [0.25, 0.3) is 11.1 Å². The van der Waals surface area contributed by atoms with E-state index in [-0.39, 0.29) is 12.5 Å². The fraction of sp³-hybridized carbons (Fsp3) is 0.136. The summed E-state index contributed by atoms with van der Waals surface area (Å²) in [5, 5.41) is 2.88. The van der Waals surface area contributed by atoms with Gasteiger partial charge >= 0.3 is 0 Å². The van der Waals surface area contributed by atoms with Crippen molar-refractivity contribution in [2.24, 2.45) is 0 Å². The molecular weight excluding hydrogens is 390 g/mol. The first-order valence-electron chi connectivity index (χ1n) is 8.53. The molecule has 3 aromatic rings. The van der Waals surface area contributed by atoms with E-state index in [9.17, 15) is 4.79 Å². The number of para-hydroxylation sites is 1. The van der Waals surface area contributed by atoms with Crippen molar-refractivity contribution in [2.75, 3.05) is 11.9 Å². The molecule has 0 heterocycles. The van der Waals surface area contributed by atoms with Crippen LogP contribution < -0.4 is 10.1 Å². The molecule has 0 aromatic heterocycles. The third-order valence-electron chi connectivity index (χ3n) is 4.05. The second-order valence-electron chi connectivity index (χ2n) is 5.87. The molecule has 0 saturated heterocycles. The highest BCUT2D eigenvalue weighted by Gasteiger charge is 2.10. The highest BCUT2D eigenvalue weighted by Crippen LogP contribution is 2.29. The zero-order chi connectivity index (χ0) is 18.4. The summed E-state index contributed by atoms with van der Waals surface area (Å²) < 4.78 is 6.65. The molecule has 3 rings (SSSR count). The van der Waals surface area contributed by atoms with Gasteiger partial charge in [-0.2, -0.15) is 0 Å². The highest BCUT2D eigenvalue weighted by molar-refractivity contribution is 9.10. The van der Waals surface area contributed by atoms with E-state index in [2.05, 4.69) is 28.2 Å². The smallest absolute Gasteiger partial charge is 0.262 e. The van der Waals surface area contributed by atoms with Crippen LogP contribution in [0.15, 0.2) is 77.3 Å². The third-order valence-corrected chi connectivity index (χ3v) is 4.70. The lowest BCUT2D eigenvalue weighted by molar-refractivity contribution is -0.118. The minimum Gasteiger partial charge on any atom is -0.483 e. The fourth-order valence-electron chi connectivity index (χ4n) is 2.66. The highest BCUT2D eigenvalue weighted by atomic mass is 79.9. The van der Waals surface area contributed by atoms with Crippen molar-refractivity contribution in [3.63, 3.8) is 0 Å². The minimum atomic E-state index is -0.196. The zero-order valence-corrected chi connectivity index (χ0v) is 16.1. The topological polar surface area (TPSA) is 38.3 Å². The first-order valence-corrected chi connectivity index (χ1v) is 9.32. The first-order chi connectivity index (χ1) is 12.7. The van der Waals surface area contributed by atoms with Crippen molar-refractivity contribution < 1.29 is 9.53 Å². The van der Waals surface area contributed by atoms with Crippen LogP contribution in [0.4, 0.5) is 5.69 Å². The number of carbonyl (C=O) groups excluding carboxylic acids is 1. The molecular formula is C22H20BrNO2. The van der Waals surface area contributed by atoms with Gasteiger partial charge in [0, 0.05) is 10.0 Å². The molecule has 4 heteroatoms. The number of hydrogen-bond donors (Lipinski definition) is 1. The molecule has 3 nitrogen and oxygen atoms in total. The molecule has 0 atom stereocenters. The number of aryl methyl sites for hydroxylation is 1. The van der Waals surface area contributed by atoms with Gasteiger partial charge in [-0.15, -0.1) is 0 Å². The van der Waals surface area contributed by atoms with E-state index in [0.717, 1.165) is 27.7 Å². The number of halogens is 1. The molecule has 3 aromatic carbocycles. The molecule has 0 fully saturated rings. The molecule has 0 radical (unpaired) electrons. The average Bonchev–Trinajstić information content (AvgIpc) is 2.69. The maximum atomic E-state index is 12.3. The summed E-state index contributed by atoms with van der Waals surface area (Å²) in [6.07, 6.45) is 0.951. The average molecular weight is 410 g/mol. The van der Waals surface area contributed by atoms with Crippen molar-refractivity contribution in [1.82, 2.24) is 0 Å². The van der Waals surface area contributed by atoms with Gasteiger partial charge in [0.05, 0.1) is 5.69 Å². The molecule has 0 aliphatic heterocycles. The number of nitrogens with one attached hydrogen (secondary N) is 1. The standard InChI is InChI=1S/C22H20BrNO2/c1-2-16-12-13-20(19(23)14-16)24-22(25)15-26-21-11-7-6-10-18(21)17-8-4-3-5-9-17/h3-14H,2,15H2,1H3,(H,24,25). The number of amides is 1. The Morgan fingerprint density at radius 1 is 1.00 bits per heavy atom. The van der Waals surface area contributed by atoms with Crippen LogP contribution in [-0.4, -0.2) is 12.5 Å². The Labute approximate surface area is 162 Å². The Kier molecular flexibility index (Phi) is 6.08. The summed E-state index contributed by atoms with van der Waals surface area (Å²) in [6, 6.07) is 23.6. The number of rotatable bonds is 6. The van der Waals surface area contributed by atoms with Crippen LogP contribution in [0.3, 0.4) is 0 Å². The molecule has 0 aliphatic carbocycles. The van der Waals surface area contributed by atoms with E-state index in [4.69, 9.17) is 4.74 Å². The van der Waals surface area contributed by atoms with Crippen LogP contribution in [0.5, 0.6) is 5.75 Å². The number of benzene rings is 3. The van der Waals surface area contributed by atoms with Crippen molar-refractivity contribution in [3.05, 3.63) is 82.8 Å². The van der Waals surface area contributed by atoms with Gasteiger partial charge in [0.2, 0.25) is 0 Å². The minimum absolute atomic E-state index is 0.0498. The van der Waals surface area contributed by atoms with Crippen molar-refractivity contribution in [3.8, 4) is 16.9 Å². The Morgan fingerprint density at radius 3 is 2.46 bits per heavy atom. The lowest BCUT2D eigenvalue weighted by atomic mass is 10.1. The van der Waals surface area contributed by atoms with Crippen LogP contribution >= 0.6 is 15.9 Å². The van der Waals surface area contributed by atoms with Gasteiger partial charge in [0.1, 0.15) is 5.75 Å². The van der Waals surface area contributed by atoms with Crippen molar-refractivity contribution >= 4 is 27.5 Å². The Bertz CT molecular complexity index is 894. The normalized spacial score (nSPS) is 10.4. The van der Waals surface area contributed by atoms with E-state index in [0.29, 0.717) is 5.75 Å². The quantitative estimate of drug-likeness (QED) is 0.567. The fourth-order valence-corrected chi connectivity index (χ4v) is 3.18. The third kappa shape index (κ3) is 4.52. The Hall–Kier alpha value is -2.59. The van der Waals surface area contributed by atoms with Gasteiger partial charge in [-0.1, -0.05) is 61.5 Å². The van der Waals surface area contributed by atoms with Gasteiger partial charge in [-0.3, -0.25) is 4.79 Å². The summed E-state index contributed by atoms with van der Waals surface area (Å²) in [7, 11) is 0.